The van der Waals surface area contributed by atoms with Crippen LogP contribution >= 0.6 is 40.2 Å². The van der Waals surface area contributed by atoms with Gasteiger partial charge in [0.2, 0.25) is 0 Å². The lowest BCUT2D eigenvalue weighted by Crippen LogP contribution is -1.91. The Morgan fingerprint density at radius 2 is 1.21 bits per heavy atom. The van der Waals surface area contributed by atoms with Crippen molar-refractivity contribution in [3.05, 3.63) is 29.2 Å². The molecule has 80 valence electrons. The minimum atomic E-state index is -2.94. The molecule has 0 saturated carbocycles. The zero-order valence-corrected chi connectivity index (χ0v) is 12.3. The van der Waals surface area contributed by atoms with Gasteiger partial charge in [0, 0.05) is 12.1 Å². The third kappa shape index (κ3) is 10.9. The van der Waals surface area contributed by atoms with Gasteiger partial charge in [0.1, 0.15) is 0 Å². The molecule has 0 aliphatic rings. The SMILES string of the molecule is Cc1cc(C)[o+]c(C)c1.[Cl][Al-]([Cl])([Cl])[Cl]. The Kier molecular flexibility index (Phi) is 6.82. The Morgan fingerprint density at radius 3 is 1.43 bits per heavy atom. The molecule has 14 heavy (non-hydrogen) atoms. The van der Waals surface area contributed by atoms with E-state index in [1.54, 1.807) is 0 Å². The molecule has 6 heteroatoms. The predicted octanol–water partition coefficient (Wildman–Crippen LogP) is 4.86. The van der Waals surface area contributed by atoms with Crippen LogP contribution in [0.2, 0.25) is 0 Å². The quantitative estimate of drug-likeness (QED) is 0.491. The van der Waals surface area contributed by atoms with Crippen molar-refractivity contribution >= 4 is 49.6 Å². The summed E-state index contributed by atoms with van der Waals surface area (Å²) < 4.78 is 5.26. The smallest absolute Gasteiger partial charge is 0.391 e. The molecule has 0 aromatic carbocycles. The lowest BCUT2D eigenvalue weighted by atomic mass is 10.2. The largest absolute Gasteiger partial charge is 0.564 e. The first-order valence-electron chi connectivity index (χ1n) is 3.94. The molecule has 0 amide bonds. The van der Waals surface area contributed by atoms with E-state index >= 15 is 0 Å². The highest BCUT2D eigenvalue weighted by Gasteiger charge is 2.14. The fourth-order valence-electron chi connectivity index (χ4n) is 0.996. The molecule has 0 unspecified atom stereocenters. The highest BCUT2D eigenvalue weighted by Crippen LogP contribution is 2.23. The van der Waals surface area contributed by atoms with E-state index in [1.807, 2.05) is 26.0 Å². The summed E-state index contributed by atoms with van der Waals surface area (Å²) in [4.78, 5) is 0. The van der Waals surface area contributed by atoms with Crippen LogP contribution in [0.5, 0.6) is 0 Å². The van der Waals surface area contributed by atoms with Crippen LogP contribution < -0.4 is 0 Å². The Hall–Kier alpha value is 0.842. The van der Waals surface area contributed by atoms with Crippen LogP contribution in [0.3, 0.4) is 0 Å². The fraction of sp³-hybridized carbons (Fsp3) is 0.375. The van der Waals surface area contributed by atoms with E-state index in [1.165, 1.54) is 5.56 Å². The number of rotatable bonds is 0. The minimum Gasteiger partial charge on any atom is -0.391 e. The minimum absolute atomic E-state index is 0.979. The molecule has 1 aromatic heterocycles. The van der Waals surface area contributed by atoms with Gasteiger partial charge in [-0.2, -0.15) is 0 Å². The van der Waals surface area contributed by atoms with E-state index in [-0.39, 0.29) is 0 Å². The molecule has 0 spiro atoms. The summed E-state index contributed by atoms with van der Waals surface area (Å²) in [7, 11) is 17.0. The molecule has 0 aliphatic heterocycles. The van der Waals surface area contributed by atoms with E-state index in [2.05, 4.69) is 6.92 Å². The third-order valence-electron chi connectivity index (χ3n) is 1.18. The van der Waals surface area contributed by atoms with Gasteiger partial charge in [0.05, 0.1) is 13.8 Å². The van der Waals surface area contributed by atoms with Crippen LogP contribution in [0, 0.1) is 20.8 Å². The summed E-state index contributed by atoms with van der Waals surface area (Å²) in [5.74, 6) is 1.96. The van der Waals surface area contributed by atoms with Gasteiger partial charge in [0.25, 0.3) is 0 Å². The molecular formula is C8H11AlCl4O. The van der Waals surface area contributed by atoms with E-state index in [9.17, 15) is 0 Å². The Labute approximate surface area is 103 Å². The molecule has 0 atom stereocenters. The first kappa shape index (κ1) is 14.8. The van der Waals surface area contributed by atoms with E-state index in [4.69, 9.17) is 44.6 Å². The monoisotopic (exact) mass is 290 g/mol. The Bertz CT molecular complexity index is 241. The first-order valence-corrected chi connectivity index (χ1v) is 10.9. The second-order valence-electron chi connectivity index (χ2n) is 2.85. The van der Waals surface area contributed by atoms with Gasteiger partial charge in [-0.15, -0.1) is 0 Å². The van der Waals surface area contributed by atoms with Crippen molar-refractivity contribution in [3.63, 3.8) is 0 Å². The lowest BCUT2D eigenvalue weighted by Gasteiger charge is -1.97. The van der Waals surface area contributed by atoms with Crippen molar-refractivity contribution in [2.45, 2.75) is 20.8 Å². The molecule has 0 radical (unpaired) electrons. The van der Waals surface area contributed by atoms with E-state index in [0.717, 1.165) is 11.5 Å². The molecule has 1 heterocycles. The van der Waals surface area contributed by atoms with Crippen LogP contribution in [0.1, 0.15) is 17.1 Å². The summed E-state index contributed by atoms with van der Waals surface area (Å²) in [5, 5.41) is 0. The second kappa shape index (κ2) is 6.43. The van der Waals surface area contributed by atoms with Crippen molar-refractivity contribution in [1.29, 1.82) is 0 Å². The van der Waals surface area contributed by atoms with E-state index in [0.29, 0.717) is 0 Å². The molecule has 1 aromatic rings. The fourth-order valence-corrected chi connectivity index (χ4v) is 0.996. The zero-order valence-electron chi connectivity index (χ0n) is 8.15. The van der Waals surface area contributed by atoms with Crippen molar-refractivity contribution in [1.82, 2.24) is 0 Å². The van der Waals surface area contributed by atoms with Gasteiger partial charge in [0.15, 0.2) is 0 Å². The highest BCUT2D eigenvalue weighted by atomic mass is 35.9. The Morgan fingerprint density at radius 1 is 0.929 bits per heavy atom. The molecule has 0 aliphatic carbocycles. The summed E-state index contributed by atoms with van der Waals surface area (Å²) in [5.41, 5.74) is 1.26. The summed E-state index contributed by atoms with van der Waals surface area (Å²) in [6, 6.07) is 4.04. The third-order valence-corrected chi connectivity index (χ3v) is 1.18. The van der Waals surface area contributed by atoms with Crippen molar-refractivity contribution in [2.24, 2.45) is 0 Å². The van der Waals surface area contributed by atoms with Crippen molar-refractivity contribution in [2.75, 3.05) is 0 Å². The highest BCUT2D eigenvalue weighted by molar-refractivity contribution is 7.81. The molecule has 1 nitrogen and oxygen atoms in total. The summed E-state index contributed by atoms with van der Waals surface area (Å²) in [6.45, 7) is 5.98. The maximum absolute atomic E-state index is 5.26. The van der Waals surface area contributed by atoms with Crippen molar-refractivity contribution in [3.8, 4) is 0 Å². The van der Waals surface area contributed by atoms with Crippen molar-refractivity contribution < 1.29 is 4.42 Å². The van der Waals surface area contributed by atoms with Gasteiger partial charge < -0.3 is 40.2 Å². The molecule has 1 rings (SSSR count). The number of aryl methyl sites for hydroxylation is 3. The van der Waals surface area contributed by atoms with Crippen LogP contribution in [-0.4, -0.2) is 9.39 Å². The lowest BCUT2D eigenvalue weighted by molar-refractivity contribution is 0.484. The van der Waals surface area contributed by atoms with Crippen LogP contribution in [0.25, 0.3) is 0 Å². The number of halogens is 4. The molecule has 0 N–H and O–H groups in total. The van der Waals surface area contributed by atoms with Crippen LogP contribution in [0.4, 0.5) is 0 Å². The zero-order chi connectivity index (χ0) is 11.4. The molecule has 0 saturated heterocycles. The Balaban J connectivity index is 0.000000292. The van der Waals surface area contributed by atoms with Gasteiger partial charge in [-0.3, -0.25) is 0 Å². The summed E-state index contributed by atoms with van der Waals surface area (Å²) in [6.07, 6.45) is 0. The molecule has 0 fully saturated rings. The summed E-state index contributed by atoms with van der Waals surface area (Å²) >= 11 is 0. The standard InChI is InChI=1S/C8H11O.Al.4ClH/c1-6-4-7(2)9-8(3)5-6;;;;;/h4-5H,1-3H3;;4*1H/q+1;+3;;;;/p-4. The normalized spacial score (nSPS) is 10.5. The average Bonchev–Trinajstić information content (AvgIpc) is 1.77. The number of hydrogen-bond donors (Lipinski definition) is 0. The first-order chi connectivity index (χ1) is 6.18. The molecule has 0 bridgehead atoms. The van der Waals surface area contributed by atoms with Gasteiger partial charge in [-0.1, -0.05) is 0 Å². The van der Waals surface area contributed by atoms with Gasteiger partial charge >= 0.3 is 20.9 Å². The van der Waals surface area contributed by atoms with E-state index < -0.39 is 9.39 Å². The molecular weight excluding hydrogens is 281 g/mol. The number of hydrogen-bond acceptors (Lipinski definition) is 0. The van der Waals surface area contributed by atoms with Crippen LogP contribution in [0.15, 0.2) is 16.5 Å². The van der Waals surface area contributed by atoms with Gasteiger partial charge in [-0.05, 0) is 12.5 Å². The predicted molar refractivity (Wildman–Crippen MR) is 66.5 cm³/mol. The maximum Gasteiger partial charge on any atom is 0.564 e. The van der Waals surface area contributed by atoms with Crippen LogP contribution in [-0.2, 0) is 0 Å². The second-order valence-corrected chi connectivity index (χ2v) is 15.7. The van der Waals surface area contributed by atoms with Gasteiger partial charge in [-0.25, -0.2) is 4.42 Å². The topological polar surface area (TPSA) is 11.3 Å². The maximum atomic E-state index is 5.26. The average molecular weight is 292 g/mol.